The third-order valence-corrected chi connectivity index (χ3v) is 2.10. The Morgan fingerprint density at radius 1 is 1.80 bits per heavy atom. The lowest BCUT2D eigenvalue weighted by Gasteiger charge is -1.99. The molecular weight excluding hydrogens is 168 g/mol. The van der Waals surface area contributed by atoms with E-state index in [0.29, 0.717) is 6.61 Å². The van der Waals surface area contributed by atoms with Crippen molar-refractivity contribution in [3.8, 4) is 0 Å². The molecule has 0 aromatic heterocycles. The summed E-state index contributed by atoms with van der Waals surface area (Å²) < 4.78 is 4.71. The quantitative estimate of drug-likeness (QED) is 0.277. The SMILES string of the molecule is C=C(Cl)C(=O)OCC[SiH2]C. The maximum Gasteiger partial charge on any atom is 0.349 e. The zero-order valence-electron chi connectivity index (χ0n) is 6.02. The number of hydrogen-bond acceptors (Lipinski definition) is 2. The van der Waals surface area contributed by atoms with Gasteiger partial charge in [0.15, 0.2) is 0 Å². The third kappa shape index (κ3) is 4.58. The average molecular weight is 179 g/mol. The van der Waals surface area contributed by atoms with Crippen LogP contribution in [0.3, 0.4) is 0 Å². The second-order valence-corrected chi connectivity index (χ2v) is 4.06. The smallest absolute Gasteiger partial charge is 0.349 e. The lowest BCUT2D eigenvalue weighted by Crippen LogP contribution is -2.05. The number of carbonyl (C=O) groups excluding carboxylic acids is 1. The summed E-state index contributed by atoms with van der Waals surface area (Å²) in [7, 11) is -0.00352. The molecule has 0 radical (unpaired) electrons. The Morgan fingerprint density at radius 2 is 2.40 bits per heavy atom. The zero-order chi connectivity index (χ0) is 7.98. The molecule has 0 saturated heterocycles. The van der Waals surface area contributed by atoms with Gasteiger partial charge in [-0.1, -0.05) is 24.7 Å². The van der Waals surface area contributed by atoms with Gasteiger partial charge in [0.1, 0.15) is 5.03 Å². The van der Waals surface area contributed by atoms with Gasteiger partial charge in [-0.3, -0.25) is 0 Å². The number of ether oxygens (including phenoxy) is 1. The Labute approximate surface area is 68.0 Å². The first-order chi connectivity index (χ1) is 4.68. The summed E-state index contributed by atoms with van der Waals surface area (Å²) in [6, 6.07) is 1.01. The number of rotatable bonds is 4. The van der Waals surface area contributed by atoms with Crippen molar-refractivity contribution < 1.29 is 9.53 Å². The molecule has 0 heterocycles. The van der Waals surface area contributed by atoms with Crippen LogP contribution in [0.5, 0.6) is 0 Å². The molecule has 58 valence electrons. The lowest BCUT2D eigenvalue weighted by molar-refractivity contribution is -0.137. The van der Waals surface area contributed by atoms with Crippen LogP contribution >= 0.6 is 11.6 Å². The van der Waals surface area contributed by atoms with Crippen molar-refractivity contribution in [2.75, 3.05) is 6.61 Å². The Kier molecular flexibility index (Phi) is 5.34. The molecule has 0 amide bonds. The van der Waals surface area contributed by atoms with Crippen LogP contribution in [-0.2, 0) is 9.53 Å². The zero-order valence-corrected chi connectivity index (χ0v) is 8.19. The fraction of sp³-hybridized carbons (Fsp3) is 0.500. The standard InChI is InChI=1S/C6H11ClO2Si/c1-5(7)6(8)9-3-4-10-2/h1,3-4,10H2,2H3. The maximum absolute atomic E-state index is 10.6. The first kappa shape index (κ1) is 9.72. The first-order valence-electron chi connectivity index (χ1n) is 3.20. The topological polar surface area (TPSA) is 26.3 Å². The molecule has 4 heteroatoms. The van der Waals surface area contributed by atoms with Crippen LogP contribution in [0.15, 0.2) is 11.6 Å². The van der Waals surface area contributed by atoms with Crippen molar-refractivity contribution in [3.05, 3.63) is 11.6 Å². The molecular formula is C6H11ClO2Si. The van der Waals surface area contributed by atoms with Crippen LogP contribution in [-0.4, -0.2) is 22.1 Å². The molecule has 0 spiro atoms. The largest absolute Gasteiger partial charge is 0.462 e. The minimum atomic E-state index is -0.496. The van der Waals surface area contributed by atoms with E-state index < -0.39 is 5.97 Å². The second kappa shape index (κ2) is 5.50. The summed E-state index contributed by atoms with van der Waals surface area (Å²) in [4.78, 5) is 10.6. The van der Waals surface area contributed by atoms with Gasteiger partial charge < -0.3 is 4.74 Å². The molecule has 0 aromatic rings. The van der Waals surface area contributed by atoms with Gasteiger partial charge in [-0.25, -0.2) is 4.79 Å². The van der Waals surface area contributed by atoms with E-state index >= 15 is 0 Å². The fourth-order valence-electron chi connectivity index (χ4n) is 0.388. The van der Waals surface area contributed by atoms with E-state index in [1.807, 2.05) is 0 Å². The predicted octanol–water partition coefficient (Wildman–Crippen LogP) is 0.917. The van der Waals surface area contributed by atoms with Gasteiger partial charge >= 0.3 is 5.97 Å². The van der Waals surface area contributed by atoms with Crippen LogP contribution in [0.4, 0.5) is 0 Å². The van der Waals surface area contributed by atoms with Crippen LogP contribution in [0.1, 0.15) is 0 Å². The molecule has 2 nitrogen and oxygen atoms in total. The molecule has 10 heavy (non-hydrogen) atoms. The number of halogens is 1. The van der Waals surface area contributed by atoms with Crippen molar-refractivity contribution >= 4 is 27.1 Å². The third-order valence-electron chi connectivity index (χ3n) is 0.953. The van der Waals surface area contributed by atoms with Crippen molar-refractivity contribution in [2.24, 2.45) is 0 Å². The van der Waals surface area contributed by atoms with E-state index in [1.165, 1.54) is 0 Å². The van der Waals surface area contributed by atoms with E-state index in [1.54, 1.807) is 0 Å². The van der Waals surface area contributed by atoms with Crippen LogP contribution in [0, 0.1) is 0 Å². The molecule has 0 aliphatic carbocycles. The molecule has 0 N–H and O–H groups in total. The summed E-state index contributed by atoms with van der Waals surface area (Å²) in [5.41, 5.74) is 0. The Morgan fingerprint density at radius 3 is 2.80 bits per heavy atom. The highest BCUT2D eigenvalue weighted by Gasteiger charge is 2.02. The predicted molar refractivity (Wildman–Crippen MR) is 45.2 cm³/mol. The number of carbonyl (C=O) groups is 1. The van der Waals surface area contributed by atoms with Crippen molar-refractivity contribution in [2.45, 2.75) is 12.6 Å². The second-order valence-electron chi connectivity index (χ2n) is 1.89. The van der Waals surface area contributed by atoms with Crippen molar-refractivity contribution in [1.82, 2.24) is 0 Å². The summed E-state index contributed by atoms with van der Waals surface area (Å²) >= 11 is 5.25. The normalized spacial score (nSPS) is 10.2. The van der Waals surface area contributed by atoms with E-state index in [4.69, 9.17) is 16.3 Å². The summed E-state index contributed by atoms with van der Waals surface area (Å²) in [5, 5.41) is -0.0437. The molecule has 0 rings (SSSR count). The molecule has 0 aliphatic heterocycles. The molecule has 0 unspecified atom stereocenters. The molecule has 0 fully saturated rings. The van der Waals surface area contributed by atoms with Gasteiger partial charge in [-0.15, -0.1) is 0 Å². The maximum atomic E-state index is 10.6. The fourth-order valence-corrected chi connectivity index (χ4v) is 0.875. The molecule has 0 atom stereocenters. The van der Waals surface area contributed by atoms with Gasteiger partial charge in [0, 0.05) is 9.52 Å². The Bertz CT molecular complexity index is 136. The molecule has 0 aliphatic rings. The summed E-state index contributed by atoms with van der Waals surface area (Å²) in [6.45, 7) is 5.89. The summed E-state index contributed by atoms with van der Waals surface area (Å²) in [5.74, 6) is -0.496. The van der Waals surface area contributed by atoms with E-state index in [-0.39, 0.29) is 14.6 Å². The van der Waals surface area contributed by atoms with Crippen LogP contribution < -0.4 is 0 Å². The number of esters is 1. The average Bonchev–Trinajstić information content (AvgIpc) is 1.88. The van der Waals surface area contributed by atoms with Crippen LogP contribution in [0.2, 0.25) is 12.6 Å². The highest BCUT2D eigenvalue weighted by molar-refractivity contribution is 6.40. The van der Waals surface area contributed by atoms with Gasteiger partial charge in [-0.2, -0.15) is 0 Å². The molecule has 0 aromatic carbocycles. The van der Waals surface area contributed by atoms with Gasteiger partial charge in [-0.05, 0) is 6.04 Å². The van der Waals surface area contributed by atoms with Gasteiger partial charge in [0.05, 0.1) is 6.61 Å². The highest BCUT2D eigenvalue weighted by atomic mass is 35.5. The number of hydrogen-bond donors (Lipinski definition) is 0. The Balaban J connectivity index is 3.31. The first-order valence-corrected chi connectivity index (χ1v) is 5.99. The molecule has 0 saturated carbocycles. The minimum absolute atomic E-state index is 0.00352. The minimum Gasteiger partial charge on any atom is -0.462 e. The van der Waals surface area contributed by atoms with E-state index in [9.17, 15) is 4.79 Å². The van der Waals surface area contributed by atoms with Gasteiger partial charge in [0.25, 0.3) is 0 Å². The lowest BCUT2D eigenvalue weighted by atomic mass is 10.6. The summed E-state index contributed by atoms with van der Waals surface area (Å²) in [6.07, 6.45) is 0. The highest BCUT2D eigenvalue weighted by Crippen LogP contribution is 1.99. The van der Waals surface area contributed by atoms with Crippen LogP contribution in [0.25, 0.3) is 0 Å². The molecule has 0 bridgehead atoms. The van der Waals surface area contributed by atoms with Crippen molar-refractivity contribution in [3.63, 3.8) is 0 Å². The monoisotopic (exact) mass is 178 g/mol. The van der Waals surface area contributed by atoms with E-state index in [2.05, 4.69) is 13.1 Å². The van der Waals surface area contributed by atoms with Gasteiger partial charge in [0.2, 0.25) is 0 Å². The Hall–Kier alpha value is -0.283. The van der Waals surface area contributed by atoms with E-state index in [0.717, 1.165) is 6.04 Å². The van der Waals surface area contributed by atoms with Crippen molar-refractivity contribution in [1.29, 1.82) is 0 Å².